The molecule has 1 rings (SSSR count). The highest BCUT2D eigenvalue weighted by atomic mass is 14.1. The molecule has 0 nitrogen and oxygen atoms in total. The highest BCUT2D eigenvalue weighted by molar-refractivity contribution is 5.37. The van der Waals surface area contributed by atoms with Crippen LogP contribution in [0.15, 0.2) is 34.9 Å². The summed E-state index contributed by atoms with van der Waals surface area (Å²) in [7, 11) is 0. The molecule has 0 aromatic rings. The van der Waals surface area contributed by atoms with Crippen molar-refractivity contribution in [2.45, 2.75) is 46.5 Å². The van der Waals surface area contributed by atoms with Gasteiger partial charge < -0.3 is 0 Å². The van der Waals surface area contributed by atoms with E-state index in [9.17, 15) is 0 Å². The fourth-order valence-electron chi connectivity index (χ4n) is 1.81. The molecule has 0 saturated carbocycles. The molecule has 0 bridgehead atoms. The lowest BCUT2D eigenvalue weighted by molar-refractivity contribution is 0.980. The molecule has 0 aliphatic heterocycles. The van der Waals surface area contributed by atoms with Crippen LogP contribution in [0.3, 0.4) is 0 Å². The second kappa shape index (κ2) is 5.06. The molecule has 13 heavy (non-hydrogen) atoms. The summed E-state index contributed by atoms with van der Waals surface area (Å²) in [5.74, 6) is 0. The summed E-state index contributed by atoms with van der Waals surface area (Å²) in [6.45, 7) is 6.66. The van der Waals surface area contributed by atoms with E-state index in [0.717, 1.165) is 6.42 Å². The van der Waals surface area contributed by atoms with Crippen molar-refractivity contribution >= 4 is 0 Å². The SMILES string of the molecule is CCC=CCCC1=C(C)CC(C)=C1. The van der Waals surface area contributed by atoms with Crippen LogP contribution >= 0.6 is 0 Å². The van der Waals surface area contributed by atoms with E-state index in [0.29, 0.717) is 0 Å². The average molecular weight is 176 g/mol. The Kier molecular flexibility index (Phi) is 4.01. The maximum Gasteiger partial charge on any atom is -0.0105 e. The first-order valence-corrected chi connectivity index (χ1v) is 5.24. The minimum absolute atomic E-state index is 1.16. The van der Waals surface area contributed by atoms with Gasteiger partial charge in [-0.3, -0.25) is 0 Å². The van der Waals surface area contributed by atoms with E-state index in [-0.39, 0.29) is 0 Å². The molecule has 0 spiro atoms. The predicted octanol–water partition coefficient (Wildman–Crippen LogP) is 4.40. The van der Waals surface area contributed by atoms with Crippen molar-refractivity contribution < 1.29 is 0 Å². The minimum Gasteiger partial charge on any atom is -0.0888 e. The molecule has 0 saturated heterocycles. The Labute approximate surface area is 82.0 Å². The van der Waals surface area contributed by atoms with E-state index in [1.165, 1.54) is 24.8 Å². The summed E-state index contributed by atoms with van der Waals surface area (Å²) in [5, 5.41) is 0. The second-order valence-corrected chi connectivity index (χ2v) is 3.89. The van der Waals surface area contributed by atoms with Crippen LogP contribution in [-0.4, -0.2) is 0 Å². The average Bonchev–Trinajstić information content (AvgIpc) is 2.39. The van der Waals surface area contributed by atoms with Crippen molar-refractivity contribution in [3.63, 3.8) is 0 Å². The van der Waals surface area contributed by atoms with E-state index in [1.807, 2.05) is 0 Å². The number of allylic oxidation sites excluding steroid dienone is 6. The van der Waals surface area contributed by atoms with Gasteiger partial charge in [0.2, 0.25) is 0 Å². The van der Waals surface area contributed by atoms with Crippen LogP contribution in [0.1, 0.15) is 46.5 Å². The van der Waals surface area contributed by atoms with Gasteiger partial charge in [-0.25, -0.2) is 0 Å². The smallest absolute Gasteiger partial charge is 0.0105 e. The summed E-state index contributed by atoms with van der Waals surface area (Å²) in [6, 6.07) is 0. The summed E-state index contributed by atoms with van der Waals surface area (Å²) in [5.41, 5.74) is 4.66. The van der Waals surface area contributed by atoms with Gasteiger partial charge in [0.15, 0.2) is 0 Å². The normalized spacial score (nSPS) is 17.3. The lowest BCUT2D eigenvalue weighted by Crippen LogP contribution is -1.79. The van der Waals surface area contributed by atoms with Crippen molar-refractivity contribution in [2.24, 2.45) is 0 Å². The Morgan fingerprint density at radius 1 is 1.31 bits per heavy atom. The molecular weight excluding hydrogens is 156 g/mol. The van der Waals surface area contributed by atoms with Crippen LogP contribution in [0.2, 0.25) is 0 Å². The third-order valence-corrected chi connectivity index (χ3v) is 2.50. The molecule has 0 heteroatoms. The first-order valence-electron chi connectivity index (χ1n) is 5.24. The molecule has 0 amide bonds. The molecule has 0 unspecified atom stereocenters. The summed E-state index contributed by atoms with van der Waals surface area (Å²) in [4.78, 5) is 0. The Hall–Kier alpha value is -0.780. The van der Waals surface area contributed by atoms with Crippen LogP contribution < -0.4 is 0 Å². The predicted molar refractivity (Wildman–Crippen MR) is 59.7 cm³/mol. The zero-order valence-corrected chi connectivity index (χ0v) is 9.06. The third kappa shape index (κ3) is 3.22. The van der Waals surface area contributed by atoms with Crippen LogP contribution in [0.25, 0.3) is 0 Å². The molecule has 72 valence electrons. The van der Waals surface area contributed by atoms with Crippen molar-refractivity contribution in [1.82, 2.24) is 0 Å². The van der Waals surface area contributed by atoms with Gasteiger partial charge in [-0.05, 0) is 45.1 Å². The van der Waals surface area contributed by atoms with Crippen LogP contribution in [-0.2, 0) is 0 Å². The molecule has 0 fully saturated rings. The Balaban J connectivity index is 2.37. The molecule has 0 aromatic heterocycles. The summed E-state index contributed by atoms with van der Waals surface area (Å²) < 4.78 is 0. The topological polar surface area (TPSA) is 0 Å². The van der Waals surface area contributed by atoms with E-state index in [1.54, 1.807) is 11.1 Å². The quantitative estimate of drug-likeness (QED) is 0.557. The first kappa shape index (κ1) is 10.3. The molecule has 1 aliphatic rings. The third-order valence-electron chi connectivity index (χ3n) is 2.50. The first-order chi connectivity index (χ1) is 6.24. The lowest BCUT2D eigenvalue weighted by atomic mass is 10.1. The van der Waals surface area contributed by atoms with Gasteiger partial charge in [-0.1, -0.05) is 36.3 Å². The van der Waals surface area contributed by atoms with Crippen molar-refractivity contribution in [3.05, 3.63) is 34.9 Å². The van der Waals surface area contributed by atoms with E-state index in [4.69, 9.17) is 0 Å². The zero-order valence-electron chi connectivity index (χ0n) is 9.06. The number of rotatable bonds is 4. The largest absolute Gasteiger partial charge is 0.0888 e. The van der Waals surface area contributed by atoms with Crippen LogP contribution in [0, 0.1) is 0 Å². The van der Waals surface area contributed by atoms with Gasteiger partial charge in [-0.15, -0.1) is 0 Å². The van der Waals surface area contributed by atoms with E-state index < -0.39 is 0 Å². The van der Waals surface area contributed by atoms with Gasteiger partial charge >= 0.3 is 0 Å². The standard InChI is InChI=1S/C13H20/c1-4-5-6-7-8-13-10-11(2)9-12(13)3/h5-6,10H,4,7-9H2,1-3H3. The zero-order chi connectivity index (χ0) is 9.68. The van der Waals surface area contributed by atoms with Gasteiger partial charge in [-0.2, -0.15) is 0 Å². The van der Waals surface area contributed by atoms with Crippen molar-refractivity contribution in [1.29, 1.82) is 0 Å². The Morgan fingerprint density at radius 2 is 2.08 bits per heavy atom. The number of hydrogen-bond acceptors (Lipinski definition) is 0. The second-order valence-electron chi connectivity index (χ2n) is 3.89. The Morgan fingerprint density at radius 3 is 2.62 bits per heavy atom. The molecule has 0 heterocycles. The summed E-state index contributed by atoms with van der Waals surface area (Å²) in [6.07, 6.45) is 11.7. The molecule has 0 radical (unpaired) electrons. The lowest BCUT2D eigenvalue weighted by Gasteiger charge is -1.98. The maximum absolute atomic E-state index is 2.36. The fourth-order valence-corrected chi connectivity index (χ4v) is 1.81. The fraction of sp³-hybridized carbons (Fsp3) is 0.538. The van der Waals surface area contributed by atoms with E-state index in [2.05, 4.69) is 39.0 Å². The van der Waals surface area contributed by atoms with Crippen molar-refractivity contribution in [3.8, 4) is 0 Å². The highest BCUT2D eigenvalue weighted by Crippen LogP contribution is 2.27. The maximum atomic E-state index is 2.36. The minimum atomic E-state index is 1.16. The number of hydrogen-bond donors (Lipinski definition) is 0. The molecular formula is C13H20. The highest BCUT2D eigenvalue weighted by Gasteiger charge is 2.07. The van der Waals surface area contributed by atoms with Crippen LogP contribution in [0.5, 0.6) is 0 Å². The molecule has 0 N–H and O–H groups in total. The molecule has 1 aliphatic carbocycles. The monoisotopic (exact) mass is 176 g/mol. The Bertz CT molecular complexity index is 251. The van der Waals surface area contributed by atoms with Gasteiger partial charge in [0.1, 0.15) is 0 Å². The van der Waals surface area contributed by atoms with Gasteiger partial charge in [0.25, 0.3) is 0 Å². The van der Waals surface area contributed by atoms with Gasteiger partial charge in [0.05, 0.1) is 0 Å². The molecule has 0 atom stereocenters. The van der Waals surface area contributed by atoms with Crippen LogP contribution in [0.4, 0.5) is 0 Å². The van der Waals surface area contributed by atoms with Crippen molar-refractivity contribution in [2.75, 3.05) is 0 Å². The molecule has 0 aromatic carbocycles. The summed E-state index contributed by atoms with van der Waals surface area (Å²) >= 11 is 0. The van der Waals surface area contributed by atoms with E-state index >= 15 is 0 Å². The van der Waals surface area contributed by atoms with Gasteiger partial charge in [0, 0.05) is 0 Å².